The van der Waals surface area contributed by atoms with Gasteiger partial charge in [-0.15, -0.1) is 5.10 Å². The van der Waals surface area contributed by atoms with Crippen molar-refractivity contribution in [1.82, 2.24) is 49.1 Å². The monoisotopic (exact) mass is 957 g/mol. The minimum absolute atomic E-state index is 0.0316. The third-order valence-corrected chi connectivity index (χ3v) is 15.7. The van der Waals surface area contributed by atoms with Gasteiger partial charge in [-0.2, -0.15) is 0 Å². The van der Waals surface area contributed by atoms with Crippen LogP contribution >= 0.6 is 0 Å². The average molecular weight is 958 g/mol. The van der Waals surface area contributed by atoms with E-state index in [4.69, 9.17) is 10.1 Å². The number of nitrogens with one attached hydrogen (secondary N) is 3. The van der Waals surface area contributed by atoms with E-state index >= 15 is 8.78 Å². The van der Waals surface area contributed by atoms with Crippen molar-refractivity contribution in [2.45, 2.75) is 81.7 Å². The van der Waals surface area contributed by atoms with Crippen molar-refractivity contribution >= 4 is 57.3 Å². The number of para-hydroxylation sites is 1. The Kier molecular flexibility index (Phi) is 10.6. The quantitative estimate of drug-likeness (QED) is 0.161. The Morgan fingerprint density at radius 1 is 0.914 bits per heavy atom. The molecule has 3 N–H and O–H groups in total. The van der Waals surface area contributed by atoms with Gasteiger partial charge in [-0.05, 0) is 72.9 Å². The molecule has 6 aliphatic rings. The van der Waals surface area contributed by atoms with Crippen LogP contribution in [0, 0.1) is 5.41 Å². The molecule has 0 bridgehead atoms. The van der Waals surface area contributed by atoms with Crippen molar-refractivity contribution in [1.29, 1.82) is 0 Å². The lowest BCUT2D eigenvalue weighted by Crippen LogP contribution is -2.68. The number of benzene rings is 2. The Morgan fingerprint density at radius 3 is 2.43 bits per heavy atom. The smallest absolute Gasteiger partial charge is 0.329 e. The zero-order valence-corrected chi connectivity index (χ0v) is 39.0. The Bertz CT molecular complexity index is 3150. The number of imidazole rings is 2. The zero-order valence-electron chi connectivity index (χ0n) is 39.0. The number of anilines is 4. The van der Waals surface area contributed by atoms with E-state index in [0.717, 1.165) is 71.6 Å². The van der Waals surface area contributed by atoms with Crippen molar-refractivity contribution in [3.63, 3.8) is 0 Å². The molecule has 364 valence electrons. The molecule has 5 fully saturated rings. The van der Waals surface area contributed by atoms with Crippen LogP contribution in [0.3, 0.4) is 0 Å². The predicted octanol–water partition coefficient (Wildman–Crippen LogP) is 4.81. The van der Waals surface area contributed by atoms with Gasteiger partial charge in [0.05, 0.1) is 52.9 Å². The first kappa shape index (κ1) is 44.4. The van der Waals surface area contributed by atoms with Crippen LogP contribution < -0.4 is 31.4 Å². The normalized spacial score (nSPS) is 24.2. The lowest BCUT2D eigenvalue weighted by atomic mass is 9.70. The number of likely N-dealkylation sites (tertiary alicyclic amines) is 2. The van der Waals surface area contributed by atoms with E-state index in [-0.39, 0.29) is 42.1 Å². The summed E-state index contributed by atoms with van der Waals surface area (Å²) in [6.07, 6.45) is 5.76. The van der Waals surface area contributed by atoms with E-state index in [1.54, 1.807) is 24.9 Å². The van der Waals surface area contributed by atoms with E-state index in [9.17, 15) is 23.6 Å². The van der Waals surface area contributed by atoms with Crippen molar-refractivity contribution < 1.29 is 27.6 Å². The number of carbonyl (C=O) groups excluding carboxylic acids is 3. The molecule has 1 saturated carbocycles. The number of fused-ring (bicyclic) bond motifs is 3. The van der Waals surface area contributed by atoms with Gasteiger partial charge < -0.3 is 20.4 Å². The first-order chi connectivity index (χ1) is 33.8. The molecule has 17 nitrogen and oxygen atoms in total. The Hall–Kier alpha value is -6.80. The molecule has 2 unspecified atom stereocenters. The van der Waals surface area contributed by atoms with Crippen LogP contribution in [0.15, 0.2) is 71.8 Å². The van der Waals surface area contributed by atoms with Gasteiger partial charge in [0.25, 0.3) is 11.8 Å². The zero-order chi connectivity index (χ0) is 48.2. The van der Waals surface area contributed by atoms with Crippen LogP contribution in [0.1, 0.15) is 66.2 Å². The van der Waals surface area contributed by atoms with Gasteiger partial charge >= 0.3 is 5.69 Å². The van der Waals surface area contributed by atoms with E-state index in [0.29, 0.717) is 68.2 Å². The molecule has 0 radical (unpaired) electrons. The average Bonchev–Trinajstić information content (AvgIpc) is 3.61. The number of hydrogen-bond donors (Lipinski definition) is 3. The highest BCUT2D eigenvalue weighted by Crippen LogP contribution is 2.47. The molecule has 12 rings (SSSR count). The number of rotatable bonds is 10. The Morgan fingerprint density at radius 2 is 1.70 bits per heavy atom. The standard InChI is InChI=1S/C50H54F3N13O4/c1-54-35-22-42(59-66-40(24-56-45(35)66)47(69)57-34-21-32(34)51)64-18-13-31-30(5-3-6-36(31)64)33-10-9-29(23-55-33)25-61-17-14-41(50(52,53)28-61)63-26-49(27-63)15-19-62(20-16-49)37-7-4-8-38-44(37)60(2)48(70)65(38)39-11-12-43(67)58-46(39)68/h3-10,22-24,32,34,39,41,54H,11-21,25-28H2,1-2H3,(H,57,69)(H,58,67,68)/t32-,34+,39?,41?/m0/s1. The topological polar surface area (TPSA) is 170 Å². The Balaban J connectivity index is 0.671. The number of nitrogens with zero attached hydrogens (tertiary/aromatic N) is 10. The summed E-state index contributed by atoms with van der Waals surface area (Å²) in [5.41, 5.74) is 8.06. The second-order valence-electron chi connectivity index (χ2n) is 20.1. The third kappa shape index (κ3) is 7.48. The van der Waals surface area contributed by atoms with Crippen LogP contribution in [0.4, 0.5) is 36.1 Å². The summed E-state index contributed by atoms with van der Waals surface area (Å²) in [7, 11) is 3.49. The second-order valence-corrected chi connectivity index (χ2v) is 20.1. The van der Waals surface area contributed by atoms with Crippen molar-refractivity contribution in [2.24, 2.45) is 12.5 Å². The summed E-state index contributed by atoms with van der Waals surface area (Å²) in [6, 6.07) is 15.6. The molecule has 20 heteroatoms. The number of aromatic nitrogens is 6. The van der Waals surface area contributed by atoms with E-state index in [1.807, 2.05) is 64.4 Å². The highest BCUT2D eigenvalue weighted by atomic mass is 19.3. The minimum Gasteiger partial charge on any atom is -0.385 e. The third-order valence-electron chi connectivity index (χ3n) is 15.7. The molecular weight excluding hydrogens is 904 g/mol. The van der Waals surface area contributed by atoms with E-state index in [1.165, 1.54) is 15.3 Å². The minimum atomic E-state index is -2.88. The SMILES string of the molecule is CNc1cc(N2CCc3c(-c4ccc(CN5CCC(N6CC7(CCN(c8cccc9c8n(C)c(=O)n9C8CCC(=O)NC8=O)CC7)C6)C(F)(F)C5)cn4)cccc32)nn2c(C(=O)N[C@@H]3C[C@@H]3F)cnc12. The lowest BCUT2D eigenvalue weighted by Gasteiger charge is -2.58. The Labute approximate surface area is 400 Å². The summed E-state index contributed by atoms with van der Waals surface area (Å²) >= 11 is 0. The van der Waals surface area contributed by atoms with E-state index < -0.39 is 42.0 Å². The number of hydrogen-bond acceptors (Lipinski definition) is 12. The first-order valence-corrected chi connectivity index (χ1v) is 24.3. The number of piperidine rings is 3. The summed E-state index contributed by atoms with van der Waals surface area (Å²) in [6.45, 7) is 3.98. The fourth-order valence-corrected chi connectivity index (χ4v) is 11.9. The maximum Gasteiger partial charge on any atom is 0.329 e. The molecule has 3 amide bonds. The summed E-state index contributed by atoms with van der Waals surface area (Å²) in [5.74, 6) is -3.49. The molecule has 9 heterocycles. The first-order valence-electron chi connectivity index (χ1n) is 24.3. The molecular formula is C50H54F3N13O4. The van der Waals surface area contributed by atoms with Crippen LogP contribution in [0.25, 0.3) is 27.9 Å². The number of halogens is 3. The van der Waals surface area contributed by atoms with Crippen LogP contribution in [0.5, 0.6) is 0 Å². The van der Waals surface area contributed by atoms with Crippen molar-refractivity contribution in [2.75, 3.05) is 68.0 Å². The number of aryl methyl sites for hydroxylation is 1. The lowest BCUT2D eigenvalue weighted by molar-refractivity contribution is -0.171. The van der Waals surface area contributed by atoms with Gasteiger partial charge in [0, 0.05) is 96.3 Å². The van der Waals surface area contributed by atoms with Crippen LogP contribution in [0.2, 0.25) is 0 Å². The van der Waals surface area contributed by atoms with Crippen LogP contribution in [-0.4, -0.2) is 133 Å². The van der Waals surface area contributed by atoms with Crippen molar-refractivity contribution in [3.8, 4) is 11.3 Å². The molecule has 5 aliphatic heterocycles. The molecule has 4 saturated heterocycles. The fraction of sp³-hybridized carbons (Fsp3) is 0.460. The molecule has 2 aromatic carbocycles. The van der Waals surface area contributed by atoms with Gasteiger partial charge in [-0.3, -0.25) is 43.6 Å². The predicted molar refractivity (Wildman–Crippen MR) is 256 cm³/mol. The van der Waals surface area contributed by atoms with Gasteiger partial charge in [-0.25, -0.2) is 27.5 Å². The van der Waals surface area contributed by atoms with Gasteiger partial charge in [0.2, 0.25) is 11.8 Å². The number of alkyl halides is 3. The number of carbonyl (C=O) groups is 3. The molecule has 4 aromatic heterocycles. The second kappa shape index (κ2) is 16.7. The van der Waals surface area contributed by atoms with Gasteiger partial charge in [0.1, 0.15) is 12.2 Å². The van der Waals surface area contributed by atoms with Gasteiger partial charge in [-0.1, -0.05) is 24.3 Å². The summed E-state index contributed by atoms with van der Waals surface area (Å²) < 4.78 is 50.4. The van der Waals surface area contributed by atoms with Gasteiger partial charge in [0.15, 0.2) is 17.2 Å². The fourth-order valence-electron chi connectivity index (χ4n) is 11.9. The molecule has 6 aromatic rings. The molecule has 1 spiro atoms. The van der Waals surface area contributed by atoms with Crippen molar-refractivity contribution in [3.05, 3.63) is 94.3 Å². The summed E-state index contributed by atoms with van der Waals surface area (Å²) in [5, 5.41) is 13.1. The van der Waals surface area contributed by atoms with Crippen LogP contribution in [-0.2, 0) is 29.6 Å². The number of imide groups is 1. The maximum atomic E-state index is 16.1. The maximum absolute atomic E-state index is 16.1. The molecule has 1 aliphatic carbocycles. The van der Waals surface area contributed by atoms with E-state index in [2.05, 4.69) is 30.7 Å². The summed E-state index contributed by atoms with van der Waals surface area (Å²) in [4.78, 5) is 68.6. The number of amides is 3. The molecule has 70 heavy (non-hydrogen) atoms. The largest absolute Gasteiger partial charge is 0.385 e. The highest BCUT2D eigenvalue weighted by Gasteiger charge is 2.55. The molecule has 4 atom stereocenters. The highest BCUT2D eigenvalue weighted by molar-refractivity contribution is 6.00. The number of pyridine rings is 1.